The monoisotopic (exact) mass is 303 g/mol. The average Bonchev–Trinajstić information content (AvgIpc) is 2.93. The number of ether oxygens (including phenoxy) is 1. The zero-order valence-electron chi connectivity index (χ0n) is 13.3. The minimum Gasteiger partial charge on any atom is -0.467 e. The molecule has 6 heteroatoms. The zero-order chi connectivity index (χ0) is 16.3. The lowest BCUT2D eigenvalue weighted by Crippen LogP contribution is -2.45. The van der Waals surface area contributed by atoms with Crippen molar-refractivity contribution >= 4 is 17.5 Å². The van der Waals surface area contributed by atoms with Crippen molar-refractivity contribution < 1.29 is 14.3 Å². The predicted molar refractivity (Wildman–Crippen MR) is 82.7 cm³/mol. The summed E-state index contributed by atoms with van der Waals surface area (Å²) in [6, 6.07) is 3.10. The van der Waals surface area contributed by atoms with E-state index >= 15 is 0 Å². The molecular weight excluding hydrogens is 282 g/mol. The summed E-state index contributed by atoms with van der Waals surface area (Å²) in [6.45, 7) is 5.82. The standard InChI is InChI=1S/C16H21N3O3/c1-5-11(3)14(16(21)22-4)18-15(20)12-9-19-8-10(2)6-7-13(19)17-12/h6-9,11,14H,5H2,1-4H3,(H,18,20)/t11-,14-/m1/s1. The molecule has 0 aromatic carbocycles. The van der Waals surface area contributed by atoms with E-state index in [1.54, 1.807) is 10.6 Å². The maximum atomic E-state index is 12.4. The van der Waals surface area contributed by atoms with Crippen molar-refractivity contribution in [1.82, 2.24) is 14.7 Å². The molecule has 0 spiro atoms. The van der Waals surface area contributed by atoms with Gasteiger partial charge in [0.05, 0.1) is 7.11 Å². The van der Waals surface area contributed by atoms with Crippen LogP contribution in [0.2, 0.25) is 0 Å². The minimum atomic E-state index is -0.672. The Kier molecular flexibility index (Phi) is 4.80. The number of carbonyl (C=O) groups is 2. The number of hydrogen-bond donors (Lipinski definition) is 1. The number of esters is 1. The first kappa shape index (κ1) is 16.0. The van der Waals surface area contributed by atoms with Crippen molar-refractivity contribution in [2.45, 2.75) is 33.2 Å². The highest BCUT2D eigenvalue weighted by molar-refractivity contribution is 5.95. The number of methoxy groups -OCH3 is 1. The molecule has 6 nitrogen and oxygen atoms in total. The molecule has 2 aromatic heterocycles. The van der Waals surface area contributed by atoms with Crippen LogP contribution in [-0.2, 0) is 9.53 Å². The van der Waals surface area contributed by atoms with Gasteiger partial charge in [-0.2, -0.15) is 0 Å². The Labute approximate surface area is 129 Å². The summed E-state index contributed by atoms with van der Waals surface area (Å²) in [6.07, 6.45) is 4.30. The smallest absolute Gasteiger partial charge is 0.328 e. The number of rotatable bonds is 5. The lowest BCUT2D eigenvalue weighted by molar-refractivity contribution is -0.144. The molecule has 0 saturated carbocycles. The number of aromatic nitrogens is 2. The van der Waals surface area contributed by atoms with Gasteiger partial charge in [-0.15, -0.1) is 0 Å². The van der Waals surface area contributed by atoms with Gasteiger partial charge in [-0.3, -0.25) is 4.79 Å². The van der Waals surface area contributed by atoms with Crippen molar-refractivity contribution in [2.75, 3.05) is 7.11 Å². The molecule has 0 aliphatic carbocycles. The third kappa shape index (κ3) is 3.27. The first-order chi connectivity index (χ1) is 10.5. The van der Waals surface area contributed by atoms with E-state index in [1.165, 1.54) is 7.11 Å². The fourth-order valence-electron chi connectivity index (χ4n) is 2.22. The maximum Gasteiger partial charge on any atom is 0.328 e. The van der Waals surface area contributed by atoms with Crippen molar-refractivity contribution in [3.05, 3.63) is 35.8 Å². The Hall–Kier alpha value is -2.37. The molecule has 1 amide bonds. The van der Waals surface area contributed by atoms with Crippen LogP contribution in [0.1, 0.15) is 36.3 Å². The van der Waals surface area contributed by atoms with E-state index in [0.29, 0.717) is 5.65 Å². The highest BCUT2D eigenvalue weighted by Gasteiger charge is 2.27. The van der Waals surface area contributed by atoms with Crippen LogP contribution in [-0.4, -0.2) is 34.4 Å². The number of hydrogen-bond acceptors (Lipinski definition) is 4. The number of pyridine rings is 1. The topological polar surface area (TPSA) is 72.7 Å². The summed E-state index contributed by atoms with van der Waals surface area (Å²) in [5.41, 5.74) is 2.04. The minimum absolute atomic E-state index is 0.0179. The van der Waals surface area contributed by atoms with Crippen LogP contribution in [0.5, 0.6) is 0 Å². The normalized spacial score (nSPS) is 13.6. The van der Waals surface area contributed by atoms with Gasteiger partial charge < -0.3 is 14.5 Å². The SMILES string of the molecule is CC[C@@H](C)[C@@H](NC(=O)c1cn2cc(C)ccc2n1)C(=O)OC. The van der Waals surface area contributed by atoms with Gasteiger partial charge in [-0.1, -0.05) is 26.3 Å². The largest absolute Gasteiger partial charge is 0.467 e. The molecule has 22 heavy (non-hydrogen) atoms. The summed E-state index contributed by atoms with van der Waals surface area (Å²) in [5.74, 6) is -0.838. The number of nitrogens with zero attached hydrogens (tertiary/aromatic N) is 2. The molecule has 0 aliphatic rings. The molecule has 2 rings (SSSR count). The quantitative estimate of drug-likeness (QED) is 0.857. The van der Waals surface area contributed by atoms with Gasteiger partial charge in [-0.25, -0.2) is 9.78 Å². The van der Waals surface area contributed by atoms with Gasteiger partial charge in [0.15, 0.2) is 0 Å². The van der Waals surface area contributed by atoms with Gasteiger partial charge in [0.1, 0.15) is 17.4 Å². The molecule has 118 valence electrons. The number of imidazole rings is 1. The number of aryl methyl sites for hydroxylation is 1. The number of fused-ring (bicyclic) bond motifs is 1. The Balaban J connectivity index is 2.22. The van der Waals surface area contributed by atoms with Crippen LogP contribution in [0.4, 0.5) is 0 Å². The van der Waals surface area contributed by atoms with Crippen LogP contribution in [0, 0.1) is 12.8 Å². The third-order valence-electron chi connectivity index (χ3n) is 3.79. The van der Waals surface area contributed by atoms with E-state index in [2.05, 4.69) is 10.3 Å². The lowest BCUT2D eigenvalue weighted by Gasteiger charge is -2.21. The van der Waals surface area contributed by atoms with Crippen molar-refractivity contribution in [2.24, 2.45) is 5.92 Å². The summed E-state index contributed by atoms with van der Waals surface area (Å²) in [4.78, 5) is 28.5. The lowest BCUT2D eigenvalue weighted by atomic mass is 9.99. The van der Waals surface area contributed by atoms with E-state index in [1.807, 2.05) is 39.1 Å². The van der Waals surface area contributed by atoms with Crippen molar-refractivity contribution in [3.8, 4) is 0 Å². The number of amides is 1. The van der Waals surface area contributed by atoms with Crippen LogP contribution in [0.3, 0.4) is 0 Å². The number of carbonyl (C=O) groups excluding carboxylic acids is 2. The van der Waals surface area contributed by atoms with E-state index < -0.39 is 12.0 Å². The zero-order valence-corrected chi connectivity index (χ0v) is 13.3. The highest BCUT2D eigenvalue weighted by atomic mass is 16.5. The molecule has 0 bridgehead atoms. The Morgan fingerprint density at radius 1 is 1.36 bits per heavy atom. The van der Waals surface area contributed by atoms with Crippen molar-refractivity contribution in [3.63, 3.8) is 0 Å². The highest BCUT2D eigenvalue weighted by Crippen LogP contribution is 2.12. The van der Waals surface area contributed by atoms with E-state index in [4.69, 9.17) is 4.74 Å². The number of nitrogens with one attached hydrogen (secondary N) is 1. The Bertz CT molecular complexity index is 693. The van der Waals surface area contributed by atoms with Gasteiger partial charge in [0.25, 0.3) is 5.91 Å². The molecule has 2 heterocycles. The first-order valence-electron chi connectivity index (χ1n) is 7.30. The Morgan fingerprint density at radius 3 is 2.73 bits per heavy atom. The van der Waals surface area contributed by atoms with Crippen LogP contribution >= 0.6 is 0 Å². The molecular formula is C16H21N3O3. The second kappa shape index (κ2) is 6.60. The molecule has 0 radical (unpaired) electrons. The van der Waals surface area contributed by atoms with Crippen LogP contribution in [0.25, 0.3) is 5.65 Å². The third-order valence-corrected chi connectivity index (χ3v) is 3.79. The second-order valence-corrected chi connectivity index (χ2v) is 5.46. The first-order valence-corrected chi connectivity index (χ1v) is 7.30. The summed E-state index contributed by atoms with van der Waals surface area (Å²) in [5, 5.41) is 2.72. The van der Waals surface area contributed by atoms with E-state index in [0.717, 1.165) is 12.0 Å². The van der Waals surface area contributed by atoms with Crippen molar-refractivity contribution in [1.29, 1.82) is 0 Å². The summed E-state index contributed by atoms with van der Waals surface area (Å²) >= 11 is 0. The summed E-state index contributed by atoms with van der Waals surface area (Å²) < 4.78 is 6.56. The maximum absolute atomic E-state index is 12.4. The molecule has 0 unspecified atom stereocenters. The molecule has 0 aliphatic heterocycles. The molecule has 0 fully saturated rings. The second-order valence-electron chi connectivity index (χ2n) is 5.46. The molecule has 2 atom stereocenters. The molecule has 0 saturated heterocycles. The fraction of sp³-hybridized carbons (Fsp3) is 0.438. The van der Waals surface area contributed by atoms with Crippen LogP contribution < -0.4 is 5.32 Å². The predicted octanol–water partition coefficient (Wildman–Crippen LogP) is 1.96. The van der Waals surface area contributed by atoms with Gasteiger partial charge in [-0.05, 0) is 24.5 Å². The van der Waals surface area contributed by atoms with Gasteiger partial charge >= 0.3 is 5.97 Å². The van der Waals surface area contributed by atoms with E-state index in [-0.39, 0.29) is 17.5 Å². The van der Waals surface area contributed by atoms with Gasteiger partial charge in [0.2, 0.25) is 0 Å². The van der Waals surface area contributed by atoms with E-state index in [9.17, 15) is 9.59 Å². The Morgan fingerprint density at radius 2 is 2.09 bits per heavy atom. The van der Waals surface area contributed by atoms with Gasteiger partial charge in [0, 0.05) is 12.4 Å². The molecule has 1 N–H and O–H groups in total. The molecule has 2 aromatic rings. The fourth-order valence-corrected chi connectivity index (χ4v) is 2.22. The van der Waals surface area contributed by atoms with Crippen LogP contribution in [0.15, 0.2) is 24.5 Å². The summed E-state index contributed by atoms with van der Waals surface area (Å²) in [7, 11) is 1.32. The average molecular weight is 303 g/mol.